The predicted octanol–water partition coefficient (Wildman–Crippen LogP) is 0.269. The molecule has 0 spiro atoms. The normalized spacial score (nSPS) is 15.4. The van der Waals surface area contributed by atoms with Crippen LogP contribution in [0, 0.1) is 0 Å². The molecule has 17 heavy (non-hydrogen) atoms. The molecule has 1 aromatic rings. The van der Waals surface area contributed by atoms with Crippen LogP contribution in [0.2, 0.25) is 0 Å². The number of nitrogens with one attached hydrogen (secondary N) is 2. The van der Waals surface area contributed by atoms with E-state index in [1.54, 1.807) is 6.92 Å². The molecule has 6 nitrogen and oxygen atoms in total. The monoisotopic (exact) mass is 236 g/mol. The summed E-state index contributed by atoms with van der Waals surface area (Å²) in [4.78, 5) is 25.4. The fourth-order valence-corrected chi connectivity index (χ4v) is 1.98. The smallest absolute Gasteiger partial charge is 0.330 e. The van der Waals surface area contributed by atoms with Crippen LogP contribution in [-0.2, 0) is 6.54 Å². The van der Waals surface area contributed by atoms with Gasteiger partial charge >= 0.3 is 5.69 Å². The van der Waals surface area contributed by atoms with Crippen LogP contribution in [0.15, 0.2) is 21.7 Å². The minimum Gasteiger partial charge on any atom is -0.383 e. The Kier molecular flexibility index (Phi) is 3.03. The summed E-state index contributed by atoms with van der Waals surface area (Å²) in [6.45, 7) is 2.23. The average molecular weight is 236 g/mol. The summed E-state index contributed by atoms with van der Waals surface area (Å²) in [6.07, 6.45) is 5.84. The Morgan fingerprint density at radius 1 is 1.47 bits per heavy atom. The lowest BCUT2D eigenvalue weighted by atomic mass is 10.2. The molecule has 0 fully saturated rings. The van der Waals surface area contributed by atoms with E-state index in [4.69, 9.17) is 5.73 Å². The Morgan fingerprint density at radius 2 is 2.12 bits per heavy atom. The number of anilines is 2. The third-order valence-corrected chi connectivity index (χ3v) is 2.91. The van der Waals surface area contributed by atoms with Crippen LogP contribution >= 0.6 is 0 Å². The molecule has 0 radical (unpaired) electrons. The largest absolute Gasteiger partial charge is 0.383 e. The molecule has 0 aromatic carbocycles. The molecule has 1 aliphatic rings. The Hall–Kier alpha value is -1.98. The Labute approximate surface area is 98.2 Å². The molecule has 1 heterocycles. The van der Waals surface area contributed by atoms with Gasteiger partial charge < -0.3 is 11.1 Å². The first-order valence-electron chi connectivity index (χ1n) is 5.67. The molecular weight excluding hydrogens is 220 g/mol. The van der Waals surface area contributed by atoms with Crippen LogP contribution in [-0.4, -0.2) is 15.6 Å². The van der Waals surface area contributed by atoms with Crippen LogP contribution in [0.1, 0.15) is 19.8 Å². The maximum Gasteiger partial charge on any atom is 0.330 e. The van der Waals surface area contributed by atoms with Crippen molar-refractivity contribution in [1.82, 2.24) is 9.55 Å². The zero-order chi connectivity index (χ0) is 12.4. The molecule has 0 amide bonds. The molecule has 0 aliphatic heterocycles. The van der Waals surface area contributed by atoms with E-state index >= 15 is 0 Å². The lowest BCUT2D eigenvalue weighted by Gasteiger charge is -2.16. The summed E-state index contributed by atoms with van der Waals surface area (Å²) in [7, 11) is 0. The molecule has 92 valence electrons. The van der Waals surface area contributed by atoms with Gasteiger partial charge in [-0.15, -0.1) is 0 Å². The second-order valence-electron chi connectivity index (χ2n) is 4.05. The number of hydrogen-bond acceptors (Lipinski definition) is 4. The van der Waals surface area contributed by atoms with E-state index in [1.165, 1.54) is 4.57 Å². The Bertz CT molecular complexity index is 548. The maximum atomic E-state index is 11.7. The number of H-pyrrole nitrogens is 1. The Morgan fingerprint density at radius 3 is 2.71 bits per heavy atom. The summed E-state index contributed by atoms with van der Waals surface area (Å²) in [5.41, 5.74) is 5.20. The molecule has 4 N–H and O–H groups in total. The molecule has 0 bridgehead atoms. The van der Waals surface area contributed by atoms with Crippen molar-refractivity contribution in [2.75, 3.05) is 11.1 Å². The quantitative estimate of drug-likeness (QED) is 0.657. The molecule has 1 aliphatic carbocycles. The van der Waals surface area contributed by atoms with Crippen molar-refractivity contribution < 1.29 is 0 Å². The lowest BCUT2D eigenvalue weighted by Crippen LogP contribution is -2.35. The van der Waals surface area contributed by atoms with E-state index in [2.05, 4.69) is 22.5 Å². The zero-order valence-corrected chi connectivity index (χ0v) is 9.69. The minimum atomic E-state index is -0.468. The standard InChI is InChI=1S/C11H16N4O2/c1-2-15-9(12)8(10(16)14-11(15)17)13-7-5-3-4-6-7/h3-4,7,13H,2,5-6,12H2,1H3,(H,14,16,17). The van der Waals surface area contributed by atoms with Crippen molar-refractivity contribution in [3.63, 3.8) is 0 Å². The first-order chi connectivity index (χ1) is 8.13. The SMILES string of the molecule is CCn1c(N)c(NC2CC=CC2)c(=O)[nH]c1=O. The number of nitrogen functional groups attached to an aromatic ring is 1. The lowest BCUT2D eigenvalue weighted by molar-refractivity contribution is 0.700. The van der Waals surface area contributed by atoms with Crippen LogP contribution in [0.4, 0.5) is 11.5 Å². The Balaban J connectivity index is 2.39. The molecule has 0 unspecified atom stereocenters. The van der Waals surface area contributed by atoms with Crippen molar-refractivity contribution in [1.29, 1.82) is 0 Å². The van der Waals surface area contributed by atoms with E-state index in [-0.39, 0.29) is 11.9 Å². The van der Waals surface area contributed by atoms with Crippen LogP contribution in [0.3, 0.4) is 0 Å². The van der Waals surface area contributed by atoms with Gasteiger partial charge in [-0.05, 0) is 19.8 Å². The average Bonchev–Trinajstić information content (AvgIpc) is 2.77. The van der Waals surface area contributed by atoms with Crippen molar-refractivity contribution >= 4 is 11.5 Å². The van der Waals surface area contributed by atoms with Crippen LogP contribution < -0.4 is 22.3 Å². The van der Waals surface area contributed by atoms with Gasteiger partial charge in [0.1, 0.15) is 11.5 Å². The number of hydrogen-bond donors (Lipinski definition) is 3. The molecule has 6 heteroatoms. The third-order valence-electron chi connectivity index (χ3n) is 2.91. The molecular formula is C11H16N4O2. The third kappa shape index (κ3) is 2.11. The number of nitrogens with two attached hydrogens (primary N) is 1. The highest BCUT2D eigenvalue weighted by molar-refractivity contribution is 5.61. The summed E-state index contributed by atoms with van der Waals surface area (Å²) >= 11 is 0. The summed E-state index contributed by atoms with van der Waals surface area (Å²) in [5.74, 6) is 0.202. The van der Waals surface area contributed by atoms with E-state index in [0.717, 1.165) is 12.8 Å². The summed E-state index contributed by atoms with van der Waals surface area (Å²) in [6, 6.07) is 0.182. The van der Waals surface area contributed by atoms with E-state index < -0.39 is 11.2 Å². The second kappa shape index (κ2) is 4.48. The highest BCUT2D eigenvalue weighted by Crippen LogP contribution is 2.17. The maximum absolute atomic E-state index is 11.7. The molecule has 1 aromatic heterocycles. The summed E-state index contributed by atoms with van der Waals surface area (Å²) in [5, 5.41) is 3.09. The first-order valence-corrected chi connectivity index (χ1v) is 5.67. The number of rotatable bonds is 3. The minimum absolute atomic E-state index is 0.182. The van der Waals surface area contributed by atoms with Gasteiger partial charge in [0.25, 0.3) is 5.56 Å². The zero-order valence-electron chi connectivity index (χ0n) is 9.69. The molecule has 0 saturated heterocycles. The van der Waals surface area contributed by atoms with Crippen molar-refractivity contribution in [2.45, 2.75) is 32.4 Å². The van der Waals surface area contributed by atoms with E-state index in [1.807, 2.05) is 0 Å². The number of aromatic amines is 1. The van der Waals surface area contributed by atoms with Gasteiger partial charge in [-0.2, -0.15) is 0 Å². The van der Waals surface area contributed by atoms with Gasteiger partial charge in [0.15, 0.2) is 0 Å². The van der Waals surface area contributed by atoms with Crippen molar-refractivity contribution in [3.05, 3.63) is 33.0 Å². The number of nitrogens with zero attached hydrogens (tertiary/aromatic N) is 1. The first kappa shape index (κ1) is 11.5. The molecule has 0 saturated carbocycles. The van der Waals surface area contributed by atoms with E-state index in [0.29, 0.717) is 12.2 Å². The van der Waals surface area contributed by atoms with Crippen molar-refractivity contribution in [3.8, 4) is 0 Å². The predicted molar refractivity (Wildman–Crippen MR) is 67.2 cm³/mol. The highest BCUT2D eigenvalue weighted by Gasteiger charge is 2.16. The van der Waals surface area contributed by atoms with Crippen molar-refractivity contribution in [2.24, 2.45) is 0 Å². The number of aromatic nitrogens is 2. The van der Waals surface area contributed by atoms with Gasteiger partial charge in [0, 0.05) is 12.6 Å². The van der Waals surface area contributed by atoms with Gasteiger partial charge in [0.2, 0.25) is 0 Å². The van der Waals surface area contributed by atoms with Gasteiger partial charge in [0.05, 0.1) is 0 Å². The molecule has 2 rings (SSSR count). The van der Waals surface area contributed by atoms with Gasteiger partial charge in [-0.1, -0.05) is 12.2 Å². The summed E-state index contributed by atoms with van der Waals surface area (Å²) < 4.78 is 1.34. The van der Waals surface area contributed by atoms with Gasteiger partial charge in [-0.25, -0.2) is 4.79 Å². The second-order valence-corrected chi connectivity index (χ2v) is 4.05. The fraction of sp³-hybridized carbons (Fsp3) is 0.455. The van der Waals surface area contributed by atoms with Crippen LogP contribution in [0.5, 0.6) is 0 Å². The fourth-order valence-electron chi connectivity index (χ4n) is 1.98. The van der Waals surface area contributed by atoms with Crippen LogP contribution in [0.25, 0.3) is 0 Å². The topological polar surface area (TPSA) is 92.9 Å². The highest BCUT2D eigenvalue weighted by atomic mass is 16.2. The van der Waals surface area contributed by atoms with Gasteiger partial charge in [-0.3, -0.25) is 14.3 Å². The molecule has 0 atom stereocenters. The van der Waals surface area contributed by atoms with E-state index in [9.17, 15) is 9.59 Å².